The van der Waals surface area contributed by atoms with Gasteiger partial charge in [-0.05, 0) is 31.5 Å². The molecule has 0 radical (unpaired) electrons. The van der Waals surface area contributed by atoms with Crippen LogP contribution in [0.2, 0.25) is 5.02 Å². The average molecular weight is 437 g/mol. The first kappa shape index (κ1) is 21.8. The summed E-state index contributed by atoms with van der Waals surface area (Å²) in [4.78, 5) is 22.3. The highest BCUT2D eigenvalue weighted by molar-refractivity contribution is 7.99. The first-order chi connectivity index (χ1) is 13.7. The number of hydrogen-bond acceptors (Lipinski definition) is 7. The maximum Gasteiger partial charge on any atom is 0.262 e. The predicted octanol–water partition coefficient (Wildman–Crippen LogP) is 4.62. The molecule has 0 spiro atoms. The molecule has 0 saturated carbocycles. The molecule has 0 aliphatic rings. The first-order valence-corrected chi connectivity index (χ1v) is 10.7. The van der Waals surface area contributed by atoms with Crippen LogP contribution in [0, 0.1) is 0 Å². The van der Waals surface area contributed by atoms with Crippen molar-refractivity contribution in [3.8, 4) is 0 Å². The molecule has 0 fully saturated rings. The number of benzene rings is 1. The number of nitrogens with zero attached hydrogens (tertiary/aromatic N) is 4. The van der Waals surface area contributed by atoms with Crippen LogP contribution in [-0.2, 0) is 16.7 Å². The molecule has 29 heavy (non-hydrogen) atoms. The van der Waals surface area contributed by atoms with Gasteiger partial charge in [0.25, 0.3) is 5.56 Å². The lowest BCUT2D eigenvalue weighted by Crippen LogP contribution is -2.24. The topological polar surface area (TPSA) is 83.0 Å². The van der Waals surface area contributed by atoms with Gasteiger partial charge in [0, 0.05) is 30.7 Å². The van der Waals surface area contributed by atoms with Crippen LogP contribution >= 0.6 is 23.4 Å². The summed E-state index contributed by atoms with van der Waals surface area (Å²) in [6.07, 6.45) is 0.702. The maximum atomic E-state index is 13.1. The third-order valence-electron chi connectivity index (χ3n) is 4.36. The lowest BCUT2D eigenvalue weighted by atomic mass is 9.96. The minimum Gasteiger partial charge on any atom is -0.385 e. The Morgan fingerprint density at radius 1 is 1.31 bits per heavy atom. The molecule has 0 aliphatic heterocycles. The Bertz CT molecular complexity index is 1060. The highest BCUT2D eigenvalue weighted by Gasteiger charge is 2.25. The van der Waals surface area contributed by atoms with E-state index in [1.807, 2.05) is 27.7 Å². The second-order valence-electron chi connectivity index (χ2n) is 7.83. The maximum absolute atomic E-state index is 13.1. The fraction of sp³-hybridized carbons (Fsp3) is 0.500. The standard InChI is InChI=1S/C20H25ClN4O3S/c1-12(16-23-18(24-28-16)20(2,3)4)29-19-22-15-11-13(21)7-8-14(15)17(26)25(19)9-6-10-27-5/h7-8,11-12H,6,9-10H2,1-5H3/t12-/m0/s1. The van der Waals surface area contributed by atoms with Gasteiger partial charge < -0.3 is 9.26 Å². The summed E-state index contributed by atoms with van der Waals surface area (Å²) in [5.74, 6) is 1.15. The van der Waals surface area contributed by atoms with Gasteiger partial charge in [0.05, 0.1) is 16.2 Å². The Labute approximate surface area is 178 Å². The molecule has 156 valence electrons. The van der Waals surface area contributed by atoms with Crippen molar-refractivity contribution in [2.24, 2.45) is 0 Å². The number of rotatable bonds is 7. The third-order valence-corrected chi connectivity index (χ3v) is 5.67. The summed E-state index contributed by atoms with van der Waals surface area (Å²) in [6.45, 7) is 9.11. The van der Waals surface area contributed by atoms with Crippen LogP contribution in [0.1, 0.15) is 51.1 Å². The van der Waals surface area contributed by atoms with Crippen molar-refractivity contribution in [2.75, 3.05) is 13.7 Å². The summed E-state index contributed by atoms with van der Waals surface area (Å²) in [5.41, 5.74) is 0.270. The minimum atomic E-state index is -0.202. The smallest absolute Gasteiger partial charge is 0.262 e. The highest BCUT2D eigenvalue weighted by Crippen LogP contribution is 2.34. The van der Waals surface area contributed by atoms with Crippen LogP contribution in [-0.4, -0.2) is 33.4 Å². The van der Waals surface area contributed by atoms with E-state index in [9.17, 15) is 4.79 Å². The molecule has 7 nitrogen and oxygen atoms in total. The van der Waals surface area contributed by atoms with E-state index in [0.29, 0.717) is 52.4 Å². The summed E-state index contributed by atoms with van der Waals surface area (Å²) in [7, 11) is 1.64. The van der Waals surface area contributed by atoms with E-state index in [-0.39, 0.29) is 16.2 Å². The lowest BCUT2D eigenvalue weighted by Gasteiger charge is -2.15. The molecule has 0 amide bonds. The summed E-state index contributed by atoms with van der Waals surface area (Å²) in [5, 5.41) is 5.58. The molecule has 2 heterocycles. The van der Waals surface area contributed by atoms with E-state index in [0.717, 1.165) is 0 Å². The predicted molar refractivity (Wildman–Crippen MR) is 115 cm³/mol. The van der Waals surface area contributed by atoms with Gasteiger partial charge in [0.2, 0.25) is 5.89 Å². The second kappa shape index (κ2) is 8.85. The lowest BCUT2D eigenvalue weighted by molar-refractivity contribution is 0.189. The molecule has 0 N–H and O–H groups in total. The number of hydrogen-bond donors (Lipinski definition) is 0. The fourth-order valence-corrected chi connectivity index (χ4v) is 3.87. The van der Waals surface area contributed by atoms with Gasteiger partial charge in [0.1, 0.15) is 0 Å². The fourth-order valence-electron chi connectivity index (χ4n) is 2.74. The number of ether oxygens (including phenoxy) is 1. The van der Waals surface area contributed by atoms with E-state index >= 15 is 0 Å². The van der Waals surface area contributed by atoms with Crippen molar-refractivity contribution in [3.05, 3.63) is 45.3 Å². The van der Waals surface area contributed by atoms with Crippen LogP contribution < -0.4 is 5.56 Å². The van der Waals surface area contributed by atoms with E-state index in [1.165, 1.54) is 11.8 Å². The van der Waals surface area contributed by atoms with E-state index in [4.69, 9.17) is 25.8 Å². The highest BCUT2D eigenvalue weighted by atomic mass is 35.5. The molecule has 0 saturated heterocycles. The van der Waals surface area contributed by atoms with Crippen LogP contribution in [0.3, 0.4) is 0 Å². The van der Waals surface area contributed by atoms with Crippen molar-refractivity contribution in [2.45, 2.75) is 56.5 Å². The number of fused-ring (bicyclic) bond motifs is 1. The van der Waals surface area contributed by atoms with E-state index in [2.05, 4.69) is 10.1 Å². The first-order valence-electron chi connectivity index (χ1n) is 9.40. The molecule has 2 aromatic heterocycles. The Morgan fingerprint density at radius 3 is 2.72 bits per heavy atom. The van der Waals surface area contributed by atoms with Crippen LogP contribution in [0.5, 0.6) is 0 Å². The van der Waals surface area contributed by atoms with Crippen molar-refractivity contribution in [1.29, 1.82) is 0 Å². The Hall–Kier alpha value is -1.90. The molecule has 9 heteroatoms. The molecule has 0 aliphatic carbocycles. The number of aromatic nitrogens is 4. The van der Waals surface area contributed by atoms with Crippen LogP contribution in [0.4, 0.5) is 0 Å². The second-order valence-corrected chi connectivity index (χ2v) is 9.57. The zero-order chi connectivity index (χ0) is 21.2. The molecule has 0 bridgehead atoms. The normalized spacial score (nSPS) is 13.2. The van der Waals surface area contributed by atoms with Crippen molar-refractivity contribution in [3.63, 3.8) is 0 Å². The molecular weight excluding hydrogens is 412 g/mol. The average Bonchev–Trinajstić information content (AvgIpc) is 3.15. The summed E-state index contributed by atoms with van der Waals surface area (Å²) < 4.78 is 12.3. The molecule has 0 unspecified atom stereocenters. The van der Waals surface area contributed by atoms with Crippen molar-refractivity contribution in [1.82, 2.24) is 19.7 Å². The van der Waals surface area contributed by atoms with Gasteiger partial charge in [0.15, 0.2) is 11.0 Å². The van der Waals surface area contributed by atoms with Gasteiger partial charge >= 0.3 is 0 Å². The monoisotopic (exact) mass is 436 g/mol. The zero-order valence-electron chi connectivity index (χ0n) is 17.2. The zero-order valence-corrected chi connectivity index (χ0v) is 18.8. The molecule has 1 atom stereocenters. The van der Waals surface area contributed by atoms with Gasteiger partial charge in [-0.2, -0.15) is 4.98 Å². The minimum absolute atomic E-state index is 0.0987. The van der Waals surface area contributed by atoms with Crippen LogP contribution in [0.15, 0.2) is 32.7 Å². The number of thioether (sulfide) groups is 1. The van der Waals surface area contributed by atoms with E-state index in [1.54, 1.807) is 29.9 Å². The van der Waals surface area contributed by atoms with Crippen LogP contribution in [0.25, 0.3) is 10.9 Å². The van der Waals surface area contributed by atoms with Gasteiger partial charge in [-0.1, -0.05) is 49.3 Å². The van der Waals surface area contributed by atoms with Crippen molar-refractivity contribution < 1.29 is 9.26 Å². The molecular formula is C20H25ClN4O3S. The Balaban J connectivity index is 1.98. The quantitative estimate of drug-likeness (QED) is 0.303. The van der Waals surface area contributed by atoms with E-state index < -0.39 is 0 Å². The molecule has 1 aromatic carbocycles. The van der Waals surface area contributed by atoms with Gasteiger partial charge in [-0.15, -0.1) is 0 Å². The molecule has 3 aromatic rings. The summed E-state index contributed by atoms with van der Waals surface area (Å²) >= 11 is 7.52. The third kappa shape index (κ3) is 4.99. The Kier molecular flexibility index (Phi) is 6.65. The number of methoxy groups -OCH3 is 1. The Morgan fingerprint density at radius 2 is 2.07 bits per heavy atom. The van der Waals surface area contributed by atoms with Gasteiger partial charge in [-0.25, -0.2) is 4.98 Å². The van der Waals surface area contributed by atoms with Gasteiger partial charge in [-0.3, -0.25) is 9.36 Å². The SMILES string of the molecule is COCCCn1c(S[C@@H](C)c2nc(C(C)(C)C)no2)nc2cc(Cl)ccc2c1=O. The summed E-state index contributed by atoms with van der Waals surface area (Å²) in [6, 6.07) is 5.12. The largest absolute Gasteiger partial charge is 0.385 e. The number of halogens is 1. The molecule has 3 rings (SSSR count). The van der Waals surface area contributed by atoms with Crippen molar-refractivity contribution >= 4 is 34.3 Å².